The van der Waals surface area contributed by atoms with Crippen LogP contribution < -0.4 is 10.9 Å². The van der Waals surface area contributed by atoms with E-state index in [0.29, 0.717) is 22.3 Å². The number of nitrogens with one attached hydrogen (secondary N) is 2. The van der Waals surface area contributed by atoms with Crippen LogP contribution in [0.15, 0.2) is 23.2 Å². The molecule has 0 aromatic heterocycles. The van der Waals surface area contributed by atoms with Gasteiger partial charge in [0.2, 0.25) is 0 Å². The van der Waals surface area contributed by atoms with Crippen LogP contribution in [-0.4, -0.2) is 18.3 Å². The molecule has 0 fully saturated rings. The SMILES string of the molecule is O=C1CN=C(Cc2cc(Cl)cc(Cl)c2)NN1. The van der Waals surface area contributed by atoms with Gasteiger partial charge in [0.25, 0.3) is 5.91 Å². The fourth-order valence-corrected chi connectivity index (χ4v) is 1.97. The van der Waals surface area contributed by atoms with Crippen LogP contribution in [0.4, 0.5) is 0 Å². The lowest BCUT2D eigenvalue weighted by atomic mass is 10.1. The van der Waals surface area contributed by atoms with Crippen molar-refractivity contribution < 1.29 is 4.79 Å². The zero-order valence-corrected chi connectivity index (χ0v) is 9.77. The van der Waals surface area contributed by atoms with Gasteiger partial charge in [0.1, 0.15) is 12.4 Å². The molecule has 0 spiro atoms. The number of amidine groups is 1. The Bertz CT molecular complexity index is 439. The Morgan fingerprint density at radius 3 is 2.44 bits per heavy atom. The second-order valence-corrected chi connectivity index (χ2v) is 4.26. The van der Waals surface area contributed by atoms with Gasteiger partial charge in [-0.15, -0.1) is 0 Å². The summed E-state index contributed by atoms with van der Waals surface area (Å²) in [4.78, 5) is 14.9. The first-order valence-corrected chi connectivity index (χ1v) is 5.42. The highest BCUT2D eigenvalue weighted by molar-refractivity contribution is 6.34. The predicted octanol–water partition coefficient (Wildman–Crippen LogP) is 1.57. The van der Waals surface area contributed by atoms with E-state index in [1.807, 2.05) is 12.1 Å². The Kier molecular flexibility index (Phi) is 3.31. The van der Waals surface area contributed by atoms with Crippen molar-refractivity contribution in [2.75, 3.05) is 6.54 Å². The number of aliphatic imine (C=N–C) groups is 1. The van der Waals surface area contributed by atoms with Crippen LogP contribution in [0.25, 0.3) is 0 Å². The van der Waals surface area contributed by atoms with Crippen LogP contribution in [0, 0.1) is 0 Å². The number of carbonyl (C=O) groups excluding carboxylic acids is 1. The topological polar surface area (TPSA) is 53.5 Å². The van der Waals surface area contributed by atoms with Crippen molar-refractivity contribution >= 4 is 34.9 Å². The van der Waals surface area contributed by atoms with E-state index in [4.69, 9.17) is 23.2 Å². The lowest BCUT2D eigenvalue weighted by Crippen LogP contribution is -2.47. The van der Waals surface area contributed by atoms with Crippen molar-refractivity contribution in [1.29, 1.82) is 0 Å². The summed E-state index contributed by atoms with van der Waals surface area (Å²) >= 11 is 11.8. The van der Waals surface area contributed by atoms with Gasteiger partial charge < -0.3 is 0 Å². The van der Waals surface area contributed by atoms with Crippen molar-refractivity contribution in [3.8, 4) is 0 Å². The summed E-state index contributed by atoms with van der Waals surface area (Å²) in [6.45, 7) is 0.149. The predicted molar refractivity (Wildman–Crippen MR) is 63.7 cm³/mol. The van der Waals surface area contributed by atoms with Gasteiger partial charge >= 0.3 is 0 Å². The third-order valence-electron chi connectivity index (χ3n) is 2.05. The Morgan fingerprint density at radius 1 is 1.19 bits per heavy atom. The second-order valence-electron chi connectivity index (χ2n) is 3.39. The van der Waals surface area contributed by atoms with E-state index in [2.05, 4.69) is 15.8 Å². The molecule has 0 radical (unpaired) electrons. The van der Waals surface area contributed by atoms with Gasteiger partial charge in [0, 0.05) is 16.5 Å². The van der Waals surface area contributed by atoms with Gasteiger partial charge in [0.05, 0.1) is 0 Å². The molecule has 1 aliphatic rings. The van der Waals surface area contributed by atoms with E-state index in [0.717, 1.165) is 5.56 Å². The maximum atomic E-state index is 10.8. The molecular formula is C10H9Cl2N3O. The minimum absolute atomic E-state index is 0.145. The highest BCUT2D eigenvalue weighted by atomic mass is 35.5. The van der Waals surface area contributed by atoms with Gasteiger partial charge in [-0.2, -0.15) is 0 Å². The van der Waals surface area contributed by atoms with Gasteiger partial charge in [-0.3, -0.25) is 20.6 Å². The molecule has 0 bridgehead atoms. The summed E-state index contributed by atoms with van der Waals surface area (Å²) in [6.07, 6.45) is 0.556. The number of hydrogen-bond acceptors (Lipinski definition) is 3. The number of carbonyl (C=O) groups is 1. The molecule has 0 saturated carbocycles. The van der Waals surface area contributed by atoms with E-state index in [1.54, 1.807) is 6.07 Å². The molecule has 1 heterocycles. The number of benzene rings is 1. The maximum absolute atomic E-state index is 10.8. The van der Waals surface area contributed by atoms with Crippen molar-refractivity contribution in [2.24, 2.45) is 4.99 Å². The minimum Gasteiger partial charge on any atom is -0.285 e. The fraction of sp³-hybridized carbons (Fsp3) is 0.200. The zero-order chi connectivity index (χ0) is 11.5. The van der Waals surface area contributed by atoms with Crippen molar-refractivity contribution in [2.45, 2.75) is 6.42 Å². The second kappa shape index (κ2) is 4.72. The van der Waals surface area contributed by atoms with Crippen molar-refractivity contribution in [3.05, 3.63) is 33.8 Å². The van der Waals surface area contributed by atoms with E-state index in [9.17, 15) is 4.79 Å². The third kappa shape index (κ3) is 2.87. The van der Waals surface area contributed by atoms with Gasteiger partial charge in [-0.05, 0) is 23.8 Å². The molecule has 16 heavy (non-hydrogen) atoms. The molecule has 0 unspecified atom stereocenters. The van der Waals surface area contributed by atoms with Crippen LogP contribution in [0.2, 0.25) is 10.0 Å². The number of halogens is 2. The number of nitrogens with zero attached hydrogens (tertiary/aromatic N) is 1. The van der Waals surface area contributed by atoms with Crippen LogP contribution in [0.3, 0.4) is 0 Å². The van der Waals surface area contributed by atoms with Gasteiger partial charge in [-0.1, -0.05) is 23.2 Å². The van der Waals surface area contributed by atoms with Crippen LogP contribution in [-0.2, 0) is 11.2 Å². The van der Waals surface area contributed by atoms with Gasteiger partial charge in [-0.25, -0.2) is 0 Å². The molecule has 1 aliphatic heterocycles. The first-order chi connectivity index (χ1) is 7.63. The Morgan fingerprint density at radius 2 is 1.88 bits per heavy atom. The molecule has 4 nitrogen and oxygen atoms in total. The average Bonchev–Trinajstić information content (AvgIpc) is 2.20. The summed E-state index contributed by atoms with van der Waals surface area (Å²) in [6, 6.07) is 5.30. The van der Waals surface area contributed by atoms with Gasteiger partial charge in [0.15, 0.2) is 0 Å². The monoisotopic (exact) mass is 257 g/mol. The van der Waals surface area contributed by atoms with Crippen LogP contribution in [0.5, 0.6) is 0 Å². The number of amides is 1. The Labute approximate surface area is 103 Å². The maximum Gasteiger partial charge on any atom is 0.260 e. The summed E-state index contributed by atoms with van der Waals surface area (Å²) < 4.78 is 0. The summed E-state index contributed by atoms with van der Waals surface area (Å²) in [5.41, 5.74) is 6.16. The molecule has 0 saturated heterocycles. The largest absolute Gasteiger partial charge is 0.285 e. The van der Waals surface area contributed by atoms with Crippen molar-refractivity contribution in [3.63, 3.8) is 0 Å². The summed E-state index contributed by atoms with van der Waals surface area (Å²) in [7, 11) is 0. The zero-order valence-electron chi connectivity index (χ0n) is 8.26. The summed E-state index contributed by atoms with van der Waals surface area (Å²) in [5.74, 6) is 0.547. The molecule has 0 atom stereocenters. The summed E-state index contributed by atoms with van der Waals surface area (Å²) in [5, 5.41) is 1.17. The molecule has 1 aromatic carbocycles. The van der Waals surface area contributed by atoms with Crippen LogP contribution >= 0.6 is 23.2 Å². The molecule has 2 N–H and O–H groups in total. The van der Waals surface area contributed by atoms with E-state index in [-0.39, 0.29) is 12.5 Å². The van der Waals surface area contributed by atoms with E-state index < -0.39 is 0 Å². The number of hydrogen-bond donors (Lipinski definition) is 2. The Balaban J connectivity index is 2.12. The first-order valence-electron chi connectivity index (χ1n) is 4.66. The molecule has 1 amide bonds. The standard InChI is InChI=1S/C10H9Cl2N3O/c11-7-1-6(2-8(12)4-7)3-9-13-5-10(16)15-14-9/h1-2,4H,3,5H2,(H,13,14)(H,15,16). The molecule has 6 heteroatoms. The quantitative estimate of drug-likeness (QED) is 0.845. The normalized spacial score (nSPS) is 15.1. The minimum atomic E-state index is -0.145. The molecule has 1 aromatic rings. The molecule has 2 rings (SSSR count). The first kappa shape index (κ1) is 11.2. The van der Waals surface area contributed by atoms with Crippen LogP contribution in [0.1, 0.15) is 5.56 Å². The average molecular weight is 258 g/mol. The highest BCUT2D eigenvalue weighted by Crippen LogP contribution is 2.19. The molecule has 0 aliphatic carbocycles. The Hall–Kier alpha value is -1.26. The number of rotatable bonds is 2. The van der Waals surface area contributed by atoms with E-state index in [1.165, 1.54) is 0 Å². The molecular weight excluding hydrogens is 249 g/mol. The lowest BCUT2D eigenvalue weighted by Gasteiger charge is -2.15. The van der Waals surface area contributed by atoms with Crippen molar-refractivity contribution in [1.82, 2.24) is 10.9 Å². The highest BCUT2D eigenvalue weighted by Gasteiger charge is 2.10. The lowest BCUT2D eigenvalue weighted by molar-refractivity contribution is -0.120. The smallest absolute Gasteiger partial charge is 0.260 e. The molecule has 84 valence electrons. The third-order valence-corrected chi connectivity index (χ3v) is 2.49. The van der Waals surface area contributed by atoms with E-state index >= 15 is 0 Å². The fourth-order valence-electron chi connectivity index (χ4n) is 1.39. The number of hydrazine groups is 1.